The molecule has 0 radical (unpaired) electrons. The molecule has 0 aromatic carbocycles. The molecule has 1 fully saturated rings. The van der Waals surface area contributed by atoms with Crippen molar-refractivity contribution in [1.82, 2.24) is 5.32 Å². The minimum absolute atomic E-state index is 0.353. The van der Waals surface area contributed by atoms with Crippen LogP contribution in [0.15, 0.2) is 16.8 Å². The van der Waals surface area contributed by atoms with Crippen LogP contribution < -0.4 is 5.32 Å². The average molecular weight is 311 g/mol. The summed E-state index contributed by atoms with van der Waals surface area (Å²) in [5.41, 5.74) is 1.36. The van der Waals surface area contributed by atoms with E-state index in [1.54, 1.807) is 11.3 Å². The molecule has 2 N–H and O–H groups in total. The highest BCUT2D eigenvalue weighted by atomic mass is 32.1. The number of nitrogens with one attached hydrogen (secondary N) is 1. The van der Waals surface area contributed by atoms with E-state index in [1.165, 1.54) is 18.4 Å². The van der Waals surface area contributed by atoms with Gasteiger partial charge in [-0.05, 0) is 54.5 Å². The monoisotopic (exact) mass is 311 g/mol. The third-order valence-corrected chi connectivity index (χ3v) is 4.97. The van der Waals surface area contributed by atoms with Gasteiger partial charge in [0.15, 0.2) is 0 Å². The zero-order chi connectivity index (χ0) is 15.1. The van der Waals surface area contributed by atoms with Crippen LogP contribution in [0.3, 0.4) is 0 Å². The Hall–Kier alpha value is -0.420. The molecule has 1 aliphatic carbocycles. The molecule has 120 valence electrons. The van der Waals surface area contributed by atoms with Crippen LogP contribution in [0.5, 0.6) is 0 Å². The Morgan fingerprint density at radius 3 is 3.05 bits per heavy atom. The van der Waals surface area contributed by atoms with Gasteiger partial charge < -0.3 is 15.2 Å². The normalized spacial score (nSPS) is 25.7. The summed E-state index contributed by atoms with van der Waals surface area (Å²) in [6, 6.07) is 2.54. The highest BCUT2D eigenvalue weighted by molar-refractivity contribution is 7.07. The molecule has 0 saturated heterocycles. The number of aliphatic hydroxyl groups excluding tert-OH is 1. The van der Waals surface area contributed by atoms with Crippen LogP contribution in [-0.2, 0) is 11.2 Å². The zero-order valence-corrected chi connectivity index (χ0v) is 14.1. The van der Waals surface area contributed by atoms with Gasteiger partial charge in [0, 0.05) is 12.6 Å². The quantitative estimate of drug-likeness (QED) is 0.774. The maximum Gasteiger partial charge on any atom is 0.0897 e. The molecule has 2 rings (SSSR count). The molecule has 1 aliphatic rings. The second kappa shape index (κ2) is 8.89. The first-order valence-electron chi connectivity index (χ1n) is 8.17. The smallest absolute Gasteiger partial charge is 0.0897 e. The van der Waals surface area contributed by atoms with Gasteiger partial charge in [-0.2, -0.15) is 11.3 Å². The molecule has 1 saturated carbocycles. The van der Waals surface area contributed by atoms with Crippen LogP contribution in [0.25, 0.3) is 0 Å². The summed E-state index contributed by atoms with van der Waals surface area (Å²) in [7, 11) is 0. The van der Waals surface area contributed by atoms with Gasteiger partial charge in [-0.25, -0.2) is 0 Å². The molecule has 0 bridgehead atoms. The molecule has 0 spiro atoms. The molecule has 0 amide bonds. The molecule has 4 atom stereocenters. The van der Waals surface area contributed by atoms with Gasteiger partial charge in [0.05, 0.1) is 18.8 Å². The van der Waals surface area contributed by atoms with Crippen molar-refractivity contribution in [3.63, 3.8) is 0 Å². The summed E-state index contributed by atoms with van der Waals surface area (Å²) in [4.78, 5) is 0. The number of aliphatic hydroxyl groups is 1. The molecule has 21 heavy (non-hydrogen) atoms. The Labute approximate surface area is 132 Å². The van der Waals surface area contributed by atoms with Crippen LogP contribution in [-0.4, -0.2) is 36.5 Å². The maximum absolute atomic E-state index is 10.0. The van der Waals surface area contributed by atoms with Crippen molar-refractivity contribution in [2.45, 2.75) is 64.2 Å². The third-order valence-electron chi connectivity index (χ3n) is 4.24. The molecule has 1 aromatic heterocycles. The SMILES string of the molecule is CC1CCCC(OCC(O)CNC(C)Cc2ccsc2)C1. The number of hydrogen-bond donors (Lipinski definition) is 2. The zero-order valence-electron chi connectivity index (χ0n) is 13.3. The standard InChI is InChI=1S/C17H29NO2S/c1-13-4-3-5-17(8-13)20-11-16(19)10-18-14(2)9-15-6-7-21-12-15/h6-7,12-14,16-19H,3-5,8-11H2,1-2H3. The van der Waals surface area contributed by atoms with Crippen molar-refractivity contribution in [2.75, 3.05) is 13.2 Å². The molecular weight excluding hydrogens is 282 g/mol. The van der Waals surface area contributed by atoms with E-state index < -0.39 is 6.10 Å². The van der Waals surface area contributed by atoms with Crippen LogP contribution in [0.4, 0.5) is 0 Å². The summed E-state index contributed by atoms with van der Waals surface area (Å²) in [5, 5.41) is 17.7. The third kappa shape index (κ3) is 6.47. The van der Waals surface area contributed by atoms with Crippen LogP contribution >= 0.6 is 11.3 Å². The first-order valence-corrected chi connectivity index (χ1v) is 9.12. The minimum atomic E-state index is -0.410. The lowest BCUT2D eigenvalue weighted by atomic mass is 9.89. The number of ether oxygens (including phenoxy) is 1. The number of thiophene rings is 1. The highest BCUT2D eigenvalue weighted by Gasteiger charge is 2.20. The first-order chi connectivity index (χ1) is 10.1. The van der Waals surface area contributed by atoms with Crippen LogP contribution in [0, 0.1) is 5.92 Å². The van der Waals surface area contributed by atoms with Crippen molar-refractivity contribution in [2.24, 2.45) is 5.92 Å². The fourth-order valence-electron chi connectivity index (χ4n) is 3.01. The van der Waals surface area contributed by atoms with Gasteiger partial charge >= 0.3 is 0 Å². The van der Waals surface area contributed by atoms with E-state index in [9.17, 15) is 5.11 Å². The van der Waals surface area contributed by atoms with Crippen LogP contribution in [0.1, 0.15) is 45.1 Å². The van der Waals surface area contributed by atoms with Gasteiger partial charge in [0.25, 0.3) is 0 Å². The van der Waals surface area contributed by atoms with Gasteiger partial charge in [-0.3, -0.25) is 0 Å². The van der Waals surface area contributed by atoms with E-state index >= 15 is 0 Å². The van der Waals surface area contributed by atoms with Gasteiger partial charge in [-0.15, -0.1) is 0 Å². The lowest BCUT2D eigenvalue weighted by Crippen LogP contribution is -2.38. The maximum atomic E-state index is 10.0. The molecule has 4 heteroatoms. The van der Waals surface area contributed by atoms with E-state index in [1.807, 2.05) is 0 Å². The second-order valence-electron chi connectivity index (χ2n) is 6.53. The van der Waals surface area contributed by atoms with E-state index in [0.29, 0.717) is 25.3 Å². The number of rotatable bonds is 8. The van der Waals surface area contributed by atoms with E-state index in [-0.39, 0.29) is 0 Å². The Kier molecular flexibility index (Phi) is 7.17. The average Bonchev–Trinajstić information content (AvgIpc) is 2.96. The fourth-order valence-corrected chi connectivity index (χ4v) is 3.69. The molecular formula is C17H29NO2S. The molecule has 0 aliphatic heterocycles. The van der Waals surface area contributed by atoms with Gasteiger partial charge in [0.2, 0.25) is 0 Å². The van der Waals surface area contributed by atoms with Crippen molar-refractivity contribution in [3.8, 4) is 0 Å². The predicted molar refractivity (Wildman–Crippen MR) is 88.9 cm³/mol. The van der Waals surface area contributed by atoms with Gasteiger partial charge in [-0.1, -0.05) is 19.8 Å². The topological polar surface area (TPSA) is 41.5 Å². The van der Waals surface area contributed by atoms with E-state index in [2.05, 4.69) is 36.0 Å². The Morgan fingerprint density at radius 1 is 1.48 bits per heavy atom. The predicted octanol–water partition coefficient (Wildman–Crippen LogP) is 3.22. The lowest BCUT2D eigenvalue weighted by Gasteiger charge is -2.28. The largest absolute Gasteiger partial charge is 0.389 e. The van der Waals surface area contributed by atoms with Crippen molar-refractivity contribution < 1.29 is 9.84 Å². The van der Waals surface area contributed by atoms with E-state index in [4.69, 9.17) is 4.74 Å². The number of hydrogen-bond acceptors (Lipinski definition) is 4. The summed E-state index contributed by atoms with van der Waals surface area (Å²) < 4.78 is 5.86. The van der Waals surface area contributed by atoms with Crippen LogP contribution in [0.2, 0.25) is 0 Å². The minimum Gasteiger partial charge on any atom is -0.389 e. The molecule has 1 aromatic rings. The van der Waals surface area contributed by atoms with E-state index in [0.717, 1.165) is 25.2 Å². The Bertz CT molecular complexity index is 382. The highest BCUT2D eigenvalue weighted by Crippen LogP contribution is 2.25. The summed E-state index contributed by atoms with van der Waals surface area (Å²) in [6.45, 7) is 5.51. The molecule has 1 heterocycles. The summed E-state index contributed by atoms with van der Waals surface area (Å²) in [6.07, 6.45) is 5.84. The van der Waals surface area contributed by atoms with Crippen molar-refractivity contribution >= 4 is 11.3 Å². The van der Waals surface area contributed by atoms with Crippen molar-refractivity contribution in [1.29, 1.82) is 0 Å². The summed E-state index contributed by atoms with van der Waals surface area (Å²) in [5.74, 6) is 0.768. The summed E-state index contributed by atoms with van der Waals surface area (Å²) >= 11 is 1.73. The fraction of sp³-hybridized carbons (Fsp3) is 0.765. The lowest BCUT2D eigenvalue weighted by molar-refractivity contribution is -0.0310. The second-order valence-corrected chi connectivity index (χ2v) is 7.31. The van der Waals surface area contributed by atoms with Gasteiger partial charge in [0.1, 0.15) is 0 Å². The van der Waals surface area contributed by atoms with Crippen molar-refractivity contribution in [3.05, 3.63) is 22.4 Å². The Morgan fingerprint density at radius 2 is 2.33 bits per heavy atom. The molecule has 4 unspecified atom stereocenters. The molecule has 3 nitrogen and oxygen atoms in total. The Balaban J connectivity index is 1.57. The first kappa shape index (κ1) is 16.9.